The largest absolute Gasteiger partial charge is 0.357 e. The lowest BCUT2D eigenvalue weighted by molar-refractivity contribution is -0.139. The molecule has 0 heterocycles. The Labute approximate surface area is 182 Å². The molecule has 0 spiro atoms. The number of carbonyl (C=O) groups is 2. The maximum absolute atomic E-state index is 14.2. The molecule has 2 aromatic carbocycles. The lowest BCUT2D eigenvalue weighted by atomic mass is 10.1. The van der Waals surface area contributed by atoms with E-state index in [0.29, 0.717) is 16.8 Å². The highest BCUT2D eigenvalue weighted by Crippen LogP contribution is 2.27. The summed E-state index contributed by atoms with van der Waals surface area (Å²) in [5.74, 6) is -1.57. The molecule has 0 saturated carbocycles. The van der Waals surface area contributed by atoms with Crippen molar-refractivity contribution in [3.63, 3.8) is 0 Å². The number of sulfonamides is 1. The second-order valence-electron chi connectivity index (χ2n) is 7.41. The first-order valence-electron chi connectivity index (χ1n) is 9.75. The van der Waals surface area contributed by atoms with Crippen LogP contribution in [0.1, 0.15) is 23.6 Å². The Morgan fingerprint density at radius 3 is 2.16 bits per heavy atom. The van der Waals surface area contributed by atoms with Crippen LogP contribution in [0.2, 0.25) is 0 Å². The standard InChI is InChI=1S/C22H28FN3O4S/c1-15-9-8-10-16(2)21(15)26(31(5,29)30)14-20(27)25(17(3)22(28)24-4)13-18-11-6-7-12-19(18)23/h6-12,17H,13-14H2,1-5H3,(H,24,28)/t17-/m1/s1. The second-order valence-corrected chi connectivity index (χ2v) is 9.32. The smallest absolute Gasteiger partial charge is 0.244 e. The van der Waals surface area contributed by atoms with Crippen LogP contribution < -0.4 is 9.62 Å². The van der Waals surface area contributed by atoms with E-state index in [1.165, 1.54) is 37.1 Å². The monoisotopic (exact) mass is 449 g/mol. The molecule has 168 valence electrons. The van der Waals surface area contributed by atoms with E-state index in [1.54, 1.807) is 38.1 Å². The van der Waals surface area contributed by atoms with Crippen molar-refractivity contribution in [1.82, 2.24) is 10.2 Å². The van der Waals surface area contributed by atoms with Crippen LogP contribution in [0.25, 0.3) is 0 Å². The number of rotatable bonds is 8. The van der Waals surface area contributed by atoms with Gasteiger partial charge in [0.25, 0.3) is 0 Å². The number of anilines is 1. The molecular formula is C22H28FN3O4S. The predicted molar refractivity (Wildman–Crippen MR) is 119 cm³/mol. The Balaban J connectivity index is 2.46. The Hall–Kier alpha value is -2.94. The normalized spacial score (nSPS) is 12.2. The fourth-order valence-electron chi connectivity index (χ4n) is 3.38. The van der Waals surface area contributed by atoms with Gasteiger partial charge in [-0.15, -0.1) is 0 Å². The number of benzene rings is 2. The summed E-state index contributed by atoms with van der Waals surface area (Å²) in [6.07, 6.45) is 1.02. The Morgan fingerprint density at radius 1 is 1.06 bits per heavy atom. The van der Waals surface area contributed by atoms with Gasteiger partial charge < -0.3 is 10.2 Å². The lowest BCUT2D eigenvalue weighted by Crippen LogP contribution is -2.50. The topological polar surface area (TPSA) is 86.8 Å². The third-order valence-corrected chi connectivity index (χ3v) is 6.19. The summed E-state index contributed by atoms with van der Waals surface area (Å²) >= 11 is 0. The number of aryl methyl sites for hydroxylation is 2. The van der Waals surface area contributed by atoms with Gasteiger partial charge in [-0.2, -0.15) is 0 Å². The molecule has 7 nitrogen and oxygen atoms in total. The third kappa shape index (κ3) is 5.81. The molecule has 0 aliphatic carbocycles. The van der Waals surface area contributed by atoms with E-state index in [1.807, 2.05) is 0 Å². The minimum Gasteiger partial charge on any atom is -0.357 e. The zero-order valence-corrected chi connectivity index (χ0v) is 19.2. The lowest BCUT2D eigenvalue weighted by Gasteiger charge is -2.32. The molecule has 0 radical (unpaired) electrons. The van der Waals surface area contributed by atoms with Gasteiger partial charge in [0.1, 0.15) is 18.4 Å². The maximum Gasteiger partial charge on any atom is 0.244 e. The first-order chi connectivity index (χ1) is 14.5. The minimum atomic E-state index is -3.81. The fourth-order valence-corrected chi connectivity index (χ4v) is 4.34. The number of likely N-dealkylation sites (N-methyl/N-ethyl adjacent to an activating group) is 1. The van der Waals surface area contributed by atoms with Gasteiger partial charge in [-0.25, -0.2) is 12.8 Å². The van der Waals surface area contributed by atoms with Crippen molar-refractivity contribution in [3.05, 3.63) is 65.0 Å². The first kappa shape index (κ1) is 24.3. The molecule has 0 bridgehead atoms. The quantitative estimate of drug-likeness (QED) is 0.670. The molecule has 0 aliphatic heterocycles. The number of hydrogen-bond donors (Lipinski definition) is 1. The Morgan fingerprint density at radius 2 is 1.65 bits per heavy atom. The van der Waals surface area contributed by atoms with Crippen LogP contribution >= 0.6 is 0 Å². The minimum absolute atomic E-state index is 0.176. The van der Waals surface area contributed by atoms with E-state index in [2.05, 4.69) is 5.32 Å². The number of halogens is 1. The van der Waals surface area contributed by atoms with E-state index in [-0.39, 0.29) is 12.1 Å². The van der Waals surface area contributed by atoms with E-state index in [0.717, 1.165) is 10.6 Å². The molecule has 0 aromatic heterocycles. The van der Waals surface area contributed by atoms with Crippen molar-refractivity contribution < 1.29 is 22.4 Å². The van der Waals surface area contributed by atoms with Gasteiger partial charge in [0, 0.05) is 19.2 Å². The Bertz CT molecular complexity index is 1050. The number of carbonyl (C=O) groups excluding carboxylic acids is 2. The third-order valence-electron chi connectivity index (χ3n) is 5.08. The van der Waals surface area contributed by atoms with E-state index in [4.69, 9.17) is 0 Å². The van der Waals surface area contributed by atoms with Gasteiger partial charge in [-0.3, -0.25) is 13.9 Å². The molecule has 31 heavy (non-hydrogen) atoms. The maximum atomic E-state index is 14.2. The number of amides is 2. The van der Waals surface area contributed by atoms with Gasteiger partial charge in [0.05, 0.1) is 11.9 Å². The van der Waals surface area contributed by atoms with Crippen molar-refractivity contribution in [1.29, 1.82) is 0 Å². The number of hydrogen-bond acceptors (Lipinski definition) is 4. The van der Waals surface area contributed by atoms with Crippen molar-refractivity contribution >= 4 is 27.5 Å². The van der Waals surface area contributed by atoms with Gasteiger partial charge in [-0.1, -0.05) is 36.4 Å². The van der Waals surface area contributed by atoms with Crippen LogP contribution in [0.15, 0.2) is 42.5 Å². The highest BCUT2D eigenvalue weighted by atomic mass is 32.2. The number of nitrogens with one attached hydrogen (secondary N) is 1. The molecule has 2 aromatic rings. The van der Waals surface area contributed by atoms with Gasteiger partial charge >= 0.3 is 0 Å². The molecule has 0 fully saturated rings. The predicted octanol–water partition coefficient (Wildman–Crippen LogP) is 2.37. The van der Waals surface area contributed by atoms with E-state index >= 15 is 0 Å². The fraction of sp³-hybridized carbons (Fsp3) is 0.364. The summed E-state index contributed by atoms with van der Waals surface area (Å²) in [5, 5.41) is 2.48. The Kier molecular flexibility index (Phi) is 7.78. The van der Waals surface area contributed by atoms with Gasteiger partial charge in [0.2, 0.25) is 21.8 Å². The van der Waals surface area contributed by atoms with Crippen molar-refractivity contribution in [2.75, 3.05) is 24.2 Å². The molecule has 0 aliphatic rings. The van der Waals surface area contributed by atoms with Gasteiger partial charge in [-0.05, 0) is 38.0 Å². The number of nitrogens with zero attached hydrogens (tertiary/aromatic N) is 2. The molecule has 1 atom stereocenters. The van der Waals surface area contributed by atoms with Crippen LogP contribution in [-0.2, 0) is 26.2 Å². The van der Waals surface area contributed by atoms with Crippen LogP contribution in [0, 0.1) is 19.7 Å². The summed E-state index contributed by atoms with van der Waals surface area (Å²) in [5.41, 5.74) is 2.03. The zero-order chi connectivity index (χ0) is 23.3. The van der Waals surface area contributed by atoms with Crippen LogP contribution in [0.4, 0.5) is 10.1 Å². The molecular weight excluding hydrogens is 421 g/mol. The van der Waals surface area contributed by atoms with E-state index < -0.39 is 40.2 Å². The van der Waals surface area contributed by atoms with Crippen molar-refractivity contribution in [2.45, 2.75) is 33.4 Å². The SMILES string of the molecule is CNC(=O)[C@@H](C)N(Cc1ccccc1F)C(=O)CN(c1c(C)cccc1C)S(C)(=O)=O. The van der Waals surface area contributed by atoms with Crippen LogP contribution in [0.5, 0.6) is 0 Å². The molecule has 9 heteroatoms. The highest BCUT2D eigenvalue weighted by molar-refractivity contribution is 7.92. The van der Waals surface area contributed by atoms with Crippen molar-refractivity contribution in [2.24, 2.45) is 0 Å². The average Bonchev–Trinajstić information content (AvgIpc) is 2.70. The highest BCUT2D eigenvalue weighted by Gasteiger charge is 2.31. The van der Waals surface area contributed by atoms with Crippen LogP contribution in [0.3, 0.4) is 0 Å². The molecule has 1 N–H and O–H groups in total. The summed E-state index contributed by atoms with van der Waals surface area (Å²) in [6.45, 7) is 4.34. The van der Waals surface area contributed by atoms with Crippen LogP contribution in [-0.4, -0.2) is 51.0 Å². The molecule has 2 amide bonds. The first-order valence-corrected chi connectivity index (χ1v) is 11.6. The molecule has 0 saturated heterocycles. The zero-order valence-electron chi connectivity index (χ0n) is 18.3. The molecule has 2 rings (SSSR count). The summed E-state index contributed by atoms with van der Waals surface area (Å²) in [4.78, 5) is 26.7. The number of para-hydroxylation sites is 1. The molecule has 0 unspecified atom stereocenters. The second kappa shape index (κ2) is 9.91. The van der Waals surface area contributed by atoms with E-state index in [9.17, 15) is 22.4 Å². The summed E-state index contributed by atoms with van der Waals surface area (Å²) in [6, 6.07) is 10.3. The average molecular weight is 450 g/mol. The van der Waals surface area contributed by atoms with Crippen molar-refractivity contribution in [3.8, 4) is 0 Å². The summed E-state index contributed by atoms with van der Waals surface area (Å²) < 4.78 is 40.4. The van der Waals surface area contributed by atoms with Gasteiger partial charge in [0.15, 0.2) is 0 Å². The summed E-state index contributed by atoms with van der Waals surface area (Å²) in [7, 11) is -2.38.